The predicted octanol–water partition coefficient (Wildman–Crippen LogP) is -1.04. The van der Waals surface area contributed by atoms with Gasteiger partial charge >= 0.3 is 10.4 Å². The first-order valence-electron chi connectivity index (χ1n) is 3.99. The van der Waals surface area contributed by atoms with E-state index in [4.69, 9.17) is 27.7 Å². The Kier molecular flexibility index (Phi) is 21.0. The molecule has 0 saturated heterocycles. The number of aliphatic hydroxyl groups excluding tert-OH is 2. The van der Waals surface area contributed by atoms with Crippen LogP contribution < -0.4 is 0 Å². The van der Waals surface area contributed by atoms with Crippen LogP contribution in [0.15, 0.2) is 0 Å². The number of hydrogen-bond acceptors (Lipinski definition) is 6. The molecular formula is C6H18O7S3. The maximum Gasteiger partial charge on any atom is 0.394 e. The highest BCUT2D eigenvalue weighted by Gasteiger charge is 1.88. The molecule has 6 N–H and O–H groups in total. The van der Waals surface area contributed by atoms with E-state index in [0.29, 0.717) is 0 Å². The minimum atomic E-state index is -4.67. The van der Waals surface area contributed by atoms with Crippen LogP contribution in [0, 0.1) is 0 Å². The van der Waals surface area contributed by atoms with Gasteiger partial charge in [0.2, 0.25) is 0 Å². The van der Waals surface area contributed by atoms with E-state index in [0.717, 1.165) is 23.0 Å². The van der Waals surface area contributed by atoms with Gasteiger partial charge in [-0.1, -0.05) is 0 Å². The standard InChI is InChI=1S/C6H14O2S2.H2O4S.H2O/c7-1-3-9-5-6-10-4-2-8;1-5(2,3)4;/h7-8H,1-6H2;(H2,1,2,3,4);1H2. The molecule has 0 aromatic carbocycles. The highest BCUT2D eigenvalue weighted by Crippen LogP contribution is 2.05. The summed E-state index contributed by atoms with van der Waals surface area (Å²) in [6, 6.07) is 0. The minimum Gasteiger partial charge on any atom is -0.412 e. The molecular weight excluding hydrogens is 280 g/mol. The summed E-state index contributed by atoms with van der Waals surface area (Å²) in [6.45, 7) is 0.546. The Hall–Kier alpha value is 0.450. The van der Waals surface area contributed by atoms with Crippen molar-refractivity contribution in [1.82, 2.24) is 0 Å². The summed E-state index contributed by atoms with van der Waals surface area (Å²) >= 11 is 3.50. The van der Waals surface area contributed by atoms with Crippen molar-refractivity contribution in [3.05, 3.63) is 0 Å². The Morgan fingerprint density at radius 3 is 1.25 bits per heavy atom. The van der Waals surface area contributed by atoms with Crippen molar-refractivity contribution >= 4 is 33.9 Å². The van der Waals surface area contributed by atoms with Gasteiger partial charge in [0.15, 0.2) is 0 Å². The SMILES string of the molecule is O.O=S(=O)(O)O.OCCSCCSCCO. The highest BCUT2D eigenvalue weighted by atomic mass is 32.3. The Morgan fingerprint density at radius 1 is 0.812 bits per heavy atom. The van der Waals surface area contributed by atoms with Gasteiger partial charge in [0.05, 0.1) is 13.2 Å². The van der Waals surface area contributed by atoms with Gasteiger partial charge in [0.25, 0.3) is 0 Å². The van der Waals surface area contributed by atoms with Crippen molar-refractivity contribution in [2.45, 2.75) is 0 Å². The van der Waals surface area contributed by atoms with Crippen LogP contribution in [0.25, 0.3) is 0 Å². The number of hydrogen-bond donors (Lipinski definition) is 4. The first-order valence-corrected chi connectivity index (χ1v) is 7.69. The summed E-state index contributed by atoms with van der Waals surface area (Å²) in [5, 5.41) is 16.8. The second-order valence-electron chi connectivity index (χ2n) is 2.12. The molecule has 0 aromatic rings. The molecule has 10 heteroatoms. The van der Waals surface area contributed by atoms with Gasteiger partial charge < -0.3 is 15.7 Å². The monoisotopic (exact) mass is 298 g/mol. The second kappa shape index (κ2) is 15.4. The minimum absolute atomic E-state index is 0. The summed E-state index contributed by atoms with van der Waals surface area (Å²) in [5.74, 6) is 3.82. The van der Waals surface area contributed by atoms with E-state index in [2.05, 4.69) is 0 Å². The predicted molar refractivity (Wildman–Crippen MR) is 66.6 cm³/mol. The van der Waals surface area contributed by atoms with Crippen molar-refractivity contribution in [3.8, 4) is 0 Å². The fourth-order valence-electron chi connectivity index (χ4n) is 0.451. The molecule has 0 spiro atoms. The van der Waals surface area contributed by atoms with Gasteiger partial charge in [-0.2, -0.15) is 31.9 Å². The molecule has 102 valence electrons. The average Bonchev–Trinajstić information content (AvgIpc) is 2.08. The largest absolute Gasteiger partial charge is 0.412 e. The zero-order valence-corrected chi connectivity index (χ0v) is 11.0. The zero-order valence-electron chi connectivity index (χ0n) is 8.57. The number of rotatable bonds is 7. The van der Waals surface area contributed by atoms with Crippen molar-refractivity contribution < 1.29 is 33.2 Å². The Labute approximate surface area is 104 Å². The number of aliphatic hydroxyl groups is 2. The van der Waals surface area contributed by atoms with Crippen LogP contribution >= 0.6 is 23.5 Å². The van der Waals surface area contributed by atoms with Crippen LogP contribution in [-0.4, -0.2) is 69.4 Å². The van der Waals surface area contributed by atoms with E-state index < -0.39 is 10.4 Å². The smallest absolute Gasteiger partial charge is 0.394 e. The lowest BCUT2D eigenvalue weighted by molar-refractivity contribution is 0.322. The lowest BCUT2D eigenvalue weighted by Gasteiger charge is -1.97. The topological polar surface area (TPSA) is 147 Å². The molecule has 0 heterocycles. The van der Waals surface area contributed by atoms with E-state index in [1.165, 1.54) is 0 Å². The molecule has 0 radical (unpaired) electrons. The molecule has 0 rings (SSSR count). The molecule has 0 bridgehead atoms. The van der Waals surface area contributed by atoms with Crippen molar-refractivity contribution in [2.24, 2.45) is 0 Å². The van der Waals surface area contributed by atoms with Gasteiger partial charge in [-0.05, 0) is 0 Å². The third-order valence-electron chi connectivity index (χ3n) is 0.843. The van der Waals surface area contributed by atoms with Gasteiger partial charge in [0, 0.05) is 23.0 Å². The number of thioether (sulfide) groups is 2. The van der Waals surface area contributed by atoms with Crippen molar-refractivity contribution in [3.63, 3.8) is 0 Å². The summed E-state index contributed by atoms with van der Waals surface area (Å²) in [5.41, 5.74) is 0. The third kappa shape index (κ3) is 47.1. The first kappa shape index (κ1) is 21.7. The third-order valence-corrected chi connectivity index (χ3v) is 3.03. The zero-order chi connectivity index (χ0) is 12.2. The van der Waals surface area contributed by atoms with Crippen LogP contribution in [-0.2, 0) is 10.4 Å². The lowest BCUT2D eigenvalue weighted by atomic mass is 10.9. The van der Waals surface area contributed by atoms with Crippen LogP contribution in [0.2, 0.25) is 0 Å². The summed E-state index contributed by atoms with van der Waals surface area (Å²) < 4.78 is 31.6. The molecule has 0 fully saturated rings. The normalized spacial score (nSPS) is 10.0. The summed E-state index contributed by atoms with van der Waals surface area (Å²) in [6.07, 6.45) is 0. The van der Waals surface area contributed by atoms with E-state index >= 15 is 0 Å². The highest BCUT2D eigenvalue weighted by molar-refractivity contribution is 8.02. The van der Waals surface area contributed by atoms with Crippen LogP contribution in [0.4, 0.5) is 0 Å². The van der Waals surface area contributed by atoms with Gasteiger partial charge in [-0.3, -0.25) is 9.11 Å². The molecule has 0 aliphatic heterocycles. The van der Waals surface area contributed by atoms with E-state index in [1.807, 2.05) is 0 Å². The summed E-state index contributed by atoms with van der Waals surface area (Å²) in [4.78, 5) is 0. The van der Waals surface area contributed by atoms with Crippen LogP contribution in [0.3, 0.4) is 0 Å². The molecule has 0 aliphatic carbocycles. The fourth-order valence-corrected chi connectivity index (χ4v) is 2.06. The molecule has 7 nitrogen and oxygen atoms in total. The van der Waals surface area contributed by atoms with Crippen molar-refractivity contribution in [2.75, 3.05) is 36.2 Å². The van der Waals surface area contributed by atoms with Gasteiger partial charge in [-0.15, -0.1) is 0 Å². The molecule has 16 heavy (non-hydrogen) atoms. The molecule has 0 amide bonds. The maximum atomic E-state index is 8.74. The second-order valence-corrected chi connectivity index (χ2v) is 5.46. The van der Waals surface area contributed by atoms with E-state index in [1.54, 1.807) is 23.5 Å². The molecule has 0 aromatic heterocycles. The Balaban J connectivity index is -0.000000242. The Morgan fingerprint density at radius 2 is 1.06 bits per heavy atom. The summed E-state index contributed by atoms with van der Waals surface area (Å²) in [7, 11) is -4.67. The molecule has 0 saturated carbocycles. The molecule has 0 unspecified atom stereocenters. The fraction of sp³-hybridized carbons (Fsp3) is 1.00. The average molecular weight is 298 g/mol. The molecule has 0 atom stereocenters. The van der Waals surface area contributed by atoms with Crippen molar-refractivity contribution in [1.29, 1.82) is 0 Å². The lowest BCUT2D eigenvalue weighted by Crippen LogP contribution is -1.93. The van der Waals surface area contributed by atoms with Gasteiger partial charge in [-0.25, -0.2) is 0 Å². The van der Waals surface area contributed by atoms with Gasteiger partial charge in [0.1, 0.15) is 0 Å². The molecule has 0 aliphatic rings. The van der Waals surface area contributed by atoms with Crippen LogP contribution in [0.1, 0.15) is 0 Å². The van der Waals surface area contributed by atoms with E-state index in [-0.39, 0.29) is 18.7 Å². The first-order chi connectivity index (χ1) is 6.91. The van der Waals surface area contributed by atoms with Crippen LogP contribution in [0.5, 0.6) is 0 Å². The quantitative estimate of drug-likeness (QED) is 0.344. The Bertz CT molecular complexity index is 190. The van der Waals surface area contributed by atoms with E-state index in [9.17, 15) is 0 Å². The maximum absolute atomic E-state index is 8.74.